The predicted molar refractivity (Wildman–Crippen MR) is 54.9 cm³/mol. The number of nitrogens with zero attached hydrogens (tertiary/aromatic N) is 1. The van der Waals surface area contributed by atoms with Crippen molar-refractivity contribution in [3.63, 3.8) is 0 Å². The fourth-order valence-electron chi connectivity index (χ4n) is 1.61. The van der Waals surface area contributed by atoms with Crippen molar-refractivity contribution >= 4 is 11.3 Å². The van der Waals surface area contributed by atoms with Crippen LogP contribution in [-0.2, 0) is 0 Å². The van der Waals surface area contributed by atoms with Crippen LogP contribution in [0.3, 0.4) is 0 Å². The Morgan fingerprint density at radius 1 is 1.54 bits per heavy atom. The van der Waals surface area contributed by atoms with Crippen molar-refractivity contribution in [1.82, 2.24) is 10.3 Å². The fourth-order valence-corrected chi connectivity index (χ4v) is 2.54. The lowest BCUT2D eigenvalue weighted by molar-refractivity contribution is 0.459. The van der Waals surface area contributed by atoms with Crippen LogP contribution in [0.2, 0.25) is 0 Å². The molecule has 0 unspecified atom stereocenters. The minimum atomic E-state index is 0.633. The third-order valence-electron chi connectivity index (χ3n) is 2.36. The zero-order valence-corrected chi connectivity index (χ0v) is 8.23. The van der Waals surface area contributed by atoms with Crippen LogP contribution in [0.1, 0.15) is 29.5 Å². The number of terminal acetylenes is 1. The molecule has 0 aromatic carbocycles. The van der Waals surface area contributed by atoms with E-state index in [-0.39, 0.29) is 0 Å². The average molecular weight is 192 g/mol. The van der Waals surface area contributed by atoms with Gasteiger partial charge < -0.3 is 5.32 Å². The Balaban J connectivity index is 2.11. The normalized spacial score (nSPS) is 18.4. The monoisotopic (exact) mass is 192 g/mol. The molecule has 0 radical (unpaired) electrons. The molecule has 2 heterocycles. The molecule has 0 saturated carbocycles. The van der Waals surface area contributed by atoms with Gasteiger partial charge in [0.25, 0.3) is 0 Å². The number of hydrogen-bond acceptors (Lipinski definition) is 3. The summed E-state index contributed by atoms with van der Waals surface area (Å²) < 4.78 is 0. The first kappa shape index (κ1) is 8.74. The topological polar surface area (TPSA) is 24.9 Å². The van der Waals surface area contributed by atoms with Crippen LogP contribution in [0, 0.1) is 12.3 Å². The van der Waals surface area contributed by atoms with E-state index in [1.54, 1.807) is 11.3 Å². The maximum Gasteiger partial charge on any atom is 0.124 e. The van der Waals surface area contributed by atoms with Crippen LogP contribution >= 0.6 is 11.3 Å². The van der Waals surface area contributed by atoms with E-state index >= 15 is 0 Å². The Bertz CT molecular complexity index is 318. The van der Waals surface area contributed by atoms with Gasteiger partial charge in [-0.1, -0.05) is 0 Å². The number of rotatable bonds is 1. The first-order chi connectivity index (χ1) is 6.40. The van der Waals surface area contributed by atoms with Gasteiger partial charge in [-0.05, 0) is 31.9 Å². The van der Waals surface area contributed by atoms with E-state index in [0.29, 0.717) is 5.92 Å². The third-order valence-corrected chi connectivity index (χ3v) is 3.37. The van der Waals surface area contributed by atoms with Crippen molar-refractivity contribution in [2.24, 2.45) is 0 Å². The van der Waals surface area contributed by atoms with Crippen LogP contribution in [0.25, 0.3) is 0 Å². The van der Waals surface area contributed by atoms with Gasteiger partial charge in [0.1, 0.15) is 5.69 Å². The minimum Gasteiger partial charge on any atom is -0.317 e. The van der Waals surface area contributed by atoms with Crippen LogP contribution < -0.4 is 5.32 Å². The number of hydrogen-bond donors (Lipinski definition) is 1. The van der Waals surface area contributed by atoms with Gasteiger partial charge in [0.15, 0.2) is 0 Å². The summed E-state index contributed by atoms with van der Waals surface area (Å²) >= 11 is 1.70. The summed E-state index contributed by atoms with van der Waals surface area (Å²) in [6, 6.07) is 0. The molecule has 13 heavy (non-hydrogen) atoms. The van der Waals surface area contributed by atoms with Crippen LogP contribution in [0.15, 0.2) is 5.38 Å². The summed E-state index contributed by atoms with van der Waals surface area (Å²) in [6.07, 6.45) is 7.66. The molecular formula is C10H12N2S. The second-order valence-corrected chi connectivity index (χ2v) is 4.13. The number of nitrogens with one attached hydrogen (secondary N) is 1. The van der Waals surface area contributed by atoms with E-state index in [1.807, 2.05) is 5.38 Å². The highest BCUT2D eigenvalue weighted by atomic mass is 32.1. The van der Waals surface area contributed by atoms with Crippen molar-refractivity contribution in [1.29, 1.82) is 0 Å². The van der Waals surface area contributed by atoms with Gasteiger partial charge in [-0.25, -0.2) is 4.98 Å². The van der Waals surface area contributed by atoms with Crippen molar-refractivity contribution in [2.75, 3.05) is 13.1 Å². The maximum atomic E-state index is 5.27. The number of aromatic nitrogens is 1. The summed E-state index contributed by atoms with van der Waals surface area (Å²) in [7, 11) is 0. The third kappa shape index (κ3) is 1.90. The Labute approximate surface area is 82.4 Å². The van der Waals surface area contributed by atoms with Gasteiger partial charge in [-0.2, -0.15) is 0 Å². The molecule has 3 heteroatoms. The molecule has 1 aromatic heterocycles. The fraction of sp³-hybridized carbons (Fsp3) is 0.500. The SMILES string of the molecule is C#Cc1csc(C2CCNCC2)n1. The van der Waals surface area contributed by atoms with Crippen LogP contribution in [0.4, 0.5) is 0 Å². The van der Waals surface area contributed by atoms with E-state index < -0.39 is 0 Å². The summed E-state index contributed by atoms with van der Waals surface area (Å²) in [5.41, 5.74) is 0.790. The lowest BCUT2D eigenvalue weighted by Crippen LogP contribution is -2.26. The molecule has 0 bridgehead atoms. The van der Waals surface area contributed by atoms with Crippen LogP contribution in [-0.4, -0.2) is 18.1 Å². The molecule has 0 amide bonds. The molecule has 68 valence electrons. The van der Waals surface area contributed by atoms with Crippen molar-refractivity contribution < 1.29 is 0 Å². The van der Waals surface area contributed by atoms with Gasteiger partial charge in [0.2, 0.25) is 0 Å². The lowest BCUT2D eigenvalue weighted by atomic mass is 9.99. The molecule has 1 aromatic rings. The van der Waals surface area contributed by atoms with E-state index in [4.69, 9.17) is 6.42 Å². The van der Waals surface area contributed by atoms with Gasteiger partial charge >= 0.3 is 0 Å². The molecule has 1 N–H and O–H groups in total. The highest BCUT2D eigenvalue weighted by molar-refractivity contribution is 7.09. The van der Waals surface area contributed by atoms with Gasteiger partial charge in [0.05, 0.1) is 5.01 Å². The summed E-state index contributed by atoms with van der Waals surface area (Å²) in [5.74, 6) is 3.20. The molecule has 0 aliphatic carbocycles. The van der Waals surface area contributed by atoms with E-state index in [2.05, 4.69) is 16.2 Å². The second kappa shape index (κ2) is 3.91. The molecule has 0 spiro atoms. The van der Waals surface area contributed by atoms with Gasteiger partial charge in [0, 0.05) is 11.3 Å². The lowest BCUT2D eigenvalue weighted by Gasteiger charge is -2.20. The quantitative estimate of drug-likeness (QED) is 0.683. The van der Waals surface area contributed by atoms with Crippen molar-refractivity contribution in [3.05, 3.63) is 16.1 Å². The molecule has 1 saturated heterocycles. The summed E-state index contributed by atoms with van der Waals surface area (Å²) in [4.78, 5) is 4.41. The number of piperidine rings is 1. The Kier molecular flexibility index (Phi) is 2.62. The van der Waals surface area contributed by atoms with Crippen LogP contribution in [0.5, 0.6) is 0 Å². The summed E-state index contributed by atoms with van der Waals surface area (Å²) in [5, 5.41) is 6.53. The predicted octanol–water partition coefficient (Wildman–Crippen LogP) is 1.59. The first-order valence-corrected chi connectivity index (χ1v) is 5.41. The Morgan fingerprint density at radius 2 is 2.31 bits per heavy atom. The molecular weight excluding hydrogens is 180 g/mol. The largest absolute Gasteiger partial charge is 0.317 e. The second-order valence-electron chi connectivity index (χ2n) is 3.24. The average Bonchev–Trinajstić information content (AvgIpc) is 2.67. The molecule has 1 aliphatic heterocycles. The van der Waals surface area contributed by atoms with E-state index in [0.717, 1.165) is 18.8 Å². The van der Waals surface area contributed by atoms with Gasteiger partial charge in [-0.15, -0.1) is 17.8 Å². The zero-order chi connectivity index (χ0) is 9.10. The minimum absolute atomic E-state index is 0.633. The Hall–Kier alpha value is -0.850. The molecule has 1 aliphatic rings. The van der Waals surface area contributed by atoms with Gasteiger partial charge in [-0.3, -0.25) is 0 Å². The first-order valence-electron chi connectivity index (χ1n) is 4.53. The highest BCUT2D eigenvalue weighted by Crippen LogP contribution is 2.27. The molecule has 2 nitrogen and oxygen atoms in total. The zero-order valence-electron chi connectivity index (χ0n) is 7.42. The smallest absolute Gasteiger partial charge is 0.124 e. The standard InChI is InChI=1S/C10H12N2S/c1-2-9-7-13-10(12-9)8-3-5-11-6-4-8/h1,7-8,11H,3-6H2. The molecule has 1 fully saturated rings. The summed E-state index contributed by atoms with van der Waals surface area (Å²) in [6.45, 7) is 2.21. The highest BCUT2D eigenvalue weighted by Gasteiger charge is 2.17. The van der Waals surface area contributed by atoms with E-state index in [9.17, 15) is 0 Å². The Morgan fingerprint density at radius 3 is 2.92 bits per heavy atom. The van der Waals surface area contributed by atoms with Crippen molar-refractivity contribution in [2.45, 2.75) is 18.8 Å². The molecule has 2 rings (SSSR count). The van der Waals surface area contributed by atoms with E-state index in [1.165, 1.54) is 17.8 Å². The molecule has 0 atom stereocenters. The maximum absolute atomic E-state index is 5.27. The van der Waals surface area contributed by atoms with Crippen molar-refractivity contribution in [3.8, 4) is 12.3 Å². The number of thiazole rings is 1.